The Labute approximate surface area is 150 Å². The molecule has 2 N–H and O–H groups in total. The Kier molecular flexibility index (Phi) is 5.60. The molecule has 1 aliphatic heterocycles. The van der Waals surface area contributed by atoms with E-state index in [9.17, 15) is 9.59 Å². The average Bonchev–Trinajstić information content (AvgIpc) is 2.61. The zero-order chi connectivity index (χ0) is 17.6. The molecule has 0 saturated carbocycles. The van der Waals surface area contributed by atoms with Crippen LogP contribution in [-0.2, 0) is 21.8 Å². The van der Waals surface area contributed by atoms with Crippen LogP contribution in [-0.4, -0.2) is 29.3 Å². The number of carbonyl (C=O) groups is 2. The molecule has 0 aliphatic carbocycles. The third-order valence-electron chi connectivity index (χ3n) is 3.94. The summed E-state index contributed by atoms with van der Waals surface area (Å²) in [7, 11) is 0. The van der Waals surface area contributed by atoms with Crippen LogP contribution in [0.15, 0.2) is 48.5 Å². The van der Waals surface area contributed by atoms with Gasteiger partial charge in [0.05, 0.1) is 11.7 Å². The minimum Gasteiger partial charge on any atom is -0.492 e. The quantitative estimate of drug-likeness (QED) is 0.830. The van der Waals surface area contributed by atoms with Gasteiger partial charge in [-0.05, 0) is 35.7 Å². The molecule has 2 aromatic rings. The number of fused-ring (bicyclic) bond motifs is 1. The van der Waals surface area contributed by atoms with E-state index in [-0.39, 0.29) is 17.6 Å². The molecular weight excluding hydrogens is 338 g/mol. The van der Waals surface area contributed by atoms with Crippen molar-refractivity contribution in [1.82, 2.24) is 0 Å². The summed E-state index contributed by atoms with van der Waals surface area (Å²) in [4.78, 5) is 23.1. The van der Waals surface area contributed by atoms with E-state index < -0.39 is 5.97 Å². The molecule has 0 saturated heterocycles. The van der Waals surface area contributed by atoms with Gasteiger partial charge in [-0.2, -0.15) is 0 Å². The molecule has 25 heavy (non-hydrogen) atoms. The van der Waals surface area contributed by atoms with E-state index in [1.165, 1.54) is 11.8 Å². The lowest BCUT2D eigenvalue weighted by molar-refractivity contribution is -0.134. The first-order valence-electron chi connectivity index (χ1n) is 8.02. The largest absolute Gasteiger partial charge is 0.492 e. The Morgan fingerprint density at radius 1 is 1.20 bits per heavy atom. The number of rotatable bonds is 6. The molecule has 3 rings (SSSR count). The summed E-state index contributed by atoms with van der Waals surface area (Å²) in [6, 6.07) is 15.3. The number of benzene rings is 2. The van der Waals surface area contributed by atoms with E-state index in [0.717, 1.165) is 22.6 Å². The zero-order valence-electron chi connectivity index (χ0n) is 13.6. The number of carboxylic acids is 1. The molecule has 0 bridgehead atoms. The molecule has 1 amide bonds. The molecule has 2 aromatic carbocycles. The maximum Gasteiger partial charge on any atom is 0.313 e. The van der Waals surface area contributed by atoms with Gasteiger partial charge in [-0.25, -0.2) is 0 Å². The van der Waals surface area contributed by atoms with Crippen LogP contribution in [0.4, 0.5) is 5.69 Å². The second-order valence-electron chi connectivity index (χ2n) is 5.90. The topological polar surface area (TPSA) is 75.6 Å². The van der Waals surface area contributed by atoms with E-state index >= 15 is 0 Å². The Balaban J connectivity index is 1.59. The van der Waals surface area contributed by atoms with Crippen molar-refractivity contribution in [3.05, 3.63) is 59.7 Å². The smallest absolute Gasteiger partial charge is 0.313 e. The Bertz CT molecular complexity index is 778. The predicted molar refractivity (Wildman–Crippen MR) is 98.0 cm³/mol. The van der Waals surface area contributed by atoms with Gasteiger partial charge in [0.15, 0.2) is 0 Å². The summed E-state index contributed by atoms with van der Waals surface area (Å²) in [5.41, 5.74) is 2.75. The number of hydrogen-bond acceptors (Lipinski definition) is 4. The Morgan fingerprint density at radius 2 is 2.04 bits per heavy atom. The maximum absolute atomic E-state index is 12.5. The van der Waals surface area contributed by atoms with Gasteiger partial charge < -0.3 is 15.2 Å². The van der Waals surface area contributed by atoms with E-state index in [1.54, 1.807) is 0 Å². The molecule has 0 fully saturated rings. The van der Waals surface area contributed by atoms with Crippen molar-refractivity contribution in [1.29, 1.82) is 0 Å². The number of carboxylic acid groups (broad SMARTS) is 1. The van der Waals surface area contributed by atoms with Gasteiger partial charge in [0.1, 0.15) is 12.4 Å². The first kappa shape index (κ1) is 17.4. The van der Waals surface area contributed by atoms with E-state index in [0.29, 0.717) is 18.8 Å². The number of carbonyl (C=O) groups excluding carboxylic acids is 1. The number of nitrogens with one attached hydrogen (secondary N) is 1. The summed E-state index contributed by atoms with van der Waals surface area (Å²) in [6.45, 7) is 0.372. The van der Waals surface area contributed by atoms with Crippen molar-refractivity contribution in [2.45, 2.75) is 12.2 Å². The van der Waals surface area contributed by atoms with Crippen LogP contribution in [0.1, 0.15) is 11.1 Å². The van der Waals surface area contributed by atoms with Crippen molar-refractivity contribution in [2.24, 2.45) is 5.92 Å². The van der Waals surface area contributed by atoms with Crippen LogP contribution in [0.5, 0.6) is 5.75 Å². The highest BCUT2D eigenvalue weighted by atomic mass is 32.2. The predicted octanol–water partition coefficient (Wildman–Crippen LogP) is 3.19. The lowest BCUT2D eigenvalue weighted by atomic mass is 9.96. The standard InChI is InChI=1S/C19H19NO4S/c21-18(22)12-25-11-13-4-3-6-16(8-13)20-19(23)15-9-14-5-1-2-7-17(14)24-10-15/h1-8,15H,9-12H2,(H,20,23)(H,21,22). The normalized spacial score (nSPS) is 15.8. The molecule has 1 aliphatic rings. The molecule has 6 heteroatoms. The summed E-state index contributed by atoms with van der Waals surface area (Å²) in [6.07, 6.45) is 0.663. The van der Waals surface area contributed by atoms with Gasteiger partial charge in [-0.15, -0.1) is 11.8 Å². The van der Waals surface area contributed by atoms with Crippen LogP contribution in [0.25, 0.3) is 0 Å². The fourth-order valence-corrected chi connectivity index (χ4v) is 3.43. The zero-order valence-corrected chi connectivity index (χ0v) is 14.4. The number of thioether (sulfide) groups is 1. The van der Waals surface area contributed by atoms with Crippen molar-refractivity contribution in [3.8, 4) is 5.75 Å². The SMILES string of the molecule is O=C(O)CSCc1cccc(NC(=O)C2COc3ccccc3C2)c1. The Hall–Kier alpha value is -2.47. The number of amides is 1. The third-order valence-corrected chi connectivity index (χ3v) is 4.93. The highest BCUT2D eigenvalue weighted by Crippen LogP contribution is 2.27. The van der Waals surface area contributed by atoms with E-state index in [2.05, 4.69) is 5.32 Å². The lowest BCUT2D eigenvalue weighted by Gasteiger charge is -2.24. The van der Waals surface area contributed by atoms with Crippen LogP contribution >= 0.6 is 11.8 Å². The molecule has 0 radical (unpaired) electrons. The third kappa shape index (κ3) is 4.76. The highest BCUT2D eigenvalue weighted by molar-refractivity contribution is 7.99. The van der Waals surface area contributed by atoms with Crippen LogP contribution in [0.2, 0.25) is 0 Å². The van der Waals surface area contributed by atoms with Gasteiger partial charge in [-0.1, -0.05) is 30.3 Å². The number of para-hydroxylation sites is 1. The summed E-state index contributed by atoms with van der Waals surface area (Å²) >= 11 is 1.33. The van der Waals surface area contributed by atoms with E-state index in [4.69, 9.17) is 9.84 Å². The first-order valence-corrected chi connectivity index (χ1v) is 9.17. The molecule has 0 spiro atoms. The van der Waals surface area contributed by atoms with Gasteiger partial charge >= 0.3 is 5.97 Å². The van der Waals surface area contributed by atoms with Crippen molar-refractivity contribution in [2.75, 3.05) is 17.7 Å². The summed E-state index contributed by atoms with van der Waals surface area (Å²) < 4.78 is 5.67. The summed E-state index contributed by atoms with van der Waals surface area (Å²) in [5, 5.41) is 11.6. The van der Waals surface area contributed by atoms with E-state index in [1.807, 2.05) is 48.5 Å². The molecule has 5 nitrogen and oxygen atoms in total. The lowest BCUT2D eigenvalue weighted by Crippen LogP contribution is -2.32. The minimum absolute atomic E-state index is 0.0649. The maximum atomic E-state index is 12.5. The van der Waals surface area contributed by atoms with Gasteiger partial charge in [-0.3, -0.25) is 9.59 Å². The summed E-state index contributed by atoms with van der Waals surface area (Å²) in [5.74, 6) is 0.395. The number of aliphatic carboxylic acids is 1. The van der Waals surface area contributed by atoms with Crippen molar-refractivity contribution < 1.29 is 19.4 Å². The number of ether oxygens (including phenoxy) is 1. The van der Waals surface area contributed by atoms with Gasteiger partial charge in [0.25, 0.3) is 0 Å². The minimum atomic E-state index is -0.827. The first-order chi connectivity index (χ1) is 12.1. The molecule has 1 atom stereocenters. The van der Waals surface area contributed by atoms with Gasteiger partial charge in [0.2, 0.25) is 5.91 Å². The molecule has 130 valence electrons. The highest BCUT2D eigenvalue weighted by Gasteiger charge is 2.25. The average molecular weight is 357 g/mol. The number of hydrogen-bond donors (Lipinski definition) is 2. The van der Waals surface area contributed by atoms with Crippen LogP contribution < -0.4 is 10.1 Å². The van der Waals surface area contributed by atoms with Gasteiger partial charge in [0, 0.05) is 11.4 Å². The molecule has 1 heterocycles. The fraction of sp³-hybridized carbons (Fsp3) is 0.263. The molecule has 1 unspecified atom stereocenters. The second kappa shape index (κ2) is 8.07. The van der Waals surface area contributed by atoms with Crippen molar-refractivity contribution in [3.63, 3.8) is 0 Å². The van der Waals surface area contributed by atoms with Crippen LogP contribution in [0, 0.1) is 5.92 Å². The monoisotopic (exact) mass is 357 g/mol. The Morgan fingerprint density at radius 3 is 2.88 bits per heavy atom. The van der Waals surface area contributed by atoms with Crippen molar-refractivity contribution >= 4 is 29.3 Å². The number of anilines is 1. The molecule has 0 aromatic heterocycles. The second-order valence-corrected chi connectivity index (χ2v) is 6.88. The fourth-order valence-electron chi connectivity index (χ4n) is 2.74. The molecular formula is C19H19NO4S. The van der Waals surface area contributed by atoms with Crippen LogP contribution in [0.3, 0.4) is 0 Å².